The fourth-order valence-electron chi connectivity index (χ4n) is 2.21. The van der Waals surface area contributed by atoms with E-state index in [2.05, 4.69) is 6.92 Å². The van der Waals surface area contributed by atoms with Crippen LogP contribution in [0.15, 0.2) is 30.3 Å². The van der Waals surface area contributed by atoms with Crippen LogP contribution in [0.5, 0.6) is 0 Å². The van der Waals surface area contributed by atoms with Crippen molar-refractivity contribution in [3.8, 4) is 0 Å². The largest absolute Gasteiger partial charge is 0.462 e. The lowest BCUT2D eigenvalue weighted by atomic mass is 10.1. The molecule has 1 saturated heterocycles. The van der Waals surface area contributed by atoms with E-state index in [4.69, 9.17) is 14.2 Å². The second-order valence-electron chi connectivity index (χ2n) is 5.53. The monoisotopic (exact) mass is 292 g/mol. The van der Waals surface area contributed by atoms with E-state index in [-0.39, 0.29) is 12.3 Å². The summed E-state index contributed by atoms with van der Waals surface area (Å²) in [7, 11) is 0. The molecule has 4 heteroatoms. The summed E-state index contributed by atoms with van der Waals surface area (Å²) >= 11 is 0. The summed E-state index contributed by atoms with van der Waals surface area (Å²) in [6, 6.07) is 9.06. The van der Waals surface area contributed by atoms with Crippen molar-refractivity contribution in [3.63, 3.8) is 0 Å². The fourth-order valence-corrected chi connectivity index (χ4v) is 2.21. The summed E-state index contributed by atoms with van der Waals surface area (Å²) in [5.41, 5.74) is 0.594. The predicted octanol–water partition coefficient (Wildman–Crippen LogP) is 3.41. The molecule has 0 bridgehead atoms. The van der Waals surface area contributed by atoms with Crippen molar-refractivity contribution in [2.45, 2.75) is 38.9 Å². The Bertz CT molecular complexity index is 412. The SMILES string of the molecule is CC(CCOC(=O)c1ccccc1)COC1CCCCO1. The molecule has 0 radical (unpaired) electrons. The lowest BCUT2D eigenvalue weighted by Gasteiger charge is -2.24. The Hall–Kier alpha value is -1.39. The van der Waals surface area contributed by atoms with Gasteiger partial charge in [-0.25, -0.2) is 4.79 Å². The molecule has 1 aliphatic rings. The molecule has 1 aromatic rings. The second kappa shape index (κ2) is 8.80. The first-order valence-corrected chi connectivity index (χ1v) is 7.71. The van der Waals surface area contributed by atoms with E-state index in [1.54, 1.807) is 12.1 Å². The van der Waals surface area contributed by atoms with Crippen LogP contribution in [0.3, 0.4) is 0 Å². The maximum absolute atomic E-state index is 11.8. The van der Waals surface area contributed by atoms with Crippen molar-refractivity contribution in [2.75, 3.05) is 19.8 Å². The predicted molar refractivity (Wildman–Crippen MR) is 80.0 cm³/mol. The minimum absolute atomic E-state index is 0.0481. The van der Waals surface area contributed by atoms with Crippen LogP contribution in [0.25, 0.3) is 0 Å². The summed E-state index contributed by atoms with van der Waals surface area (Å²) in [5, 5.41) is 0. The Balaban J connectivity index is 1.58. The van der Waals surface area contributed by atoms with Gasteiger partial charge in [-0.2, -0.15) is 0 Å². The summed E-state index contributed by atoms with van der Waals surface area (Å²) in [6.07, 6.45) is 4.03. The third-order valence-electron chi connectivity index (χ3n) is 3.56. The van der Waals surface area contributed by atoms with Crippen LogP contribution in [0.4, 0.5) is 0 Å². The number of benzene rings is 1. The van der Waals surface area contributed by atoms with Crippen molar-refractivity contribution in [1.82, 2.24) is 0 Å². The molecule has 116 valence electrons. The normalized spacial score (nSPS) is 20.0. The lowest BCUT2D eigenvalue weighted by Crippen LogP contribution is -2.24. The number of carbonyl (C=O) groups is 1. The minimum Gasteiger partial charge on any atom is -0.462 e. The van der Waals surface area contributed by atoms with Gasteiger partial charge in [0.05, 0.1) is 18.8 Å². The molecule has 0 saturated carbocycles. The van der Waals surface area contributed by atoms with Crippen LogP contribution in [-0.2, 0) is 14.2 Å². The number of ether oxygens (including phenoxy) is 3. The number of hydrogen-bond acceptors (Lipinski definition) is 4. The molecule has 1 aliphatic heterocycles. The van der Waals surface area contributed by atoms with Crippen LogP contribution in [-0.4, -0.2) is 32.1 Å². The fraction of sp³-hybridized carbons (Fsp3) is 0.588. The minimum atomic E-state index is -0.265. The van der Waals surface area contributed by atoms with E-state index < -0.39 is 0 Å². The molecule has 0 aromatic heterocycles. The zero-order chi connectivity index (χ0) is 14.9. The van der Waals surface area contributed by atoms with Crippen molar-refractivity contribution in [2.24, 2.45) is 5.92 Å². The molecule has 0 N–H and O–H groups in total. The van der Waals surface area contributed by atoms with Gasteiger partial charge in [-0.1, -0.05) is 25.1 Å². The molecule has 2 rings (SSSR count). The van der Waals surface area contributed by atoms with E-state index in [0.29, 0.717) is 24.7 Å². The average Bonchev–Trinajstić information content (AvgIpc) is 2.54. The molecule has 0 amide bonds. The van der Waals surface area contributed by atoms with Gasteiger partial charge in [-0.15, -0.1) is 0 Å². The molecule has 2 unspecified atom stereocenters. The smallest absolute Gasteiger partial charge is 0.338 e. The van der Waals surface area contributed by atoms with Crippen LogP contribution in [0, 0.1) is 5.92 Å². The standard InChI is InChI=1S/C17H24O4/c1-14(13-21-16-9-5-6-11-19-16)10-12-20-17(18)15-7-3-2-4-8-15/h2-4,7-8,14,16H,5-6,9-13H2,1H3. The van der Waals surface area contributed by atoms with E-state index in [9.17, 15) is 4.79 Å². The Kier molecular flexibility index (Phi) is 6.70. The van der Waals surface area contributed by atoms with Crippen molar-refractivity contribution in [3.05, 3.63) is 35.9 Å². The molecular weight excluding hydrogens is 268 g/mol. The number of rotatable bonds is 7. The van der Waals surface area contributed by atoms with E-state index in [1.165, 1.54) is 6.42 Å². The topological polar surface area (TPSA) is 44.8 Å². The van der Waals surface area contributed by atoms with Crippen LogP contribution < -0.4 is 0 Å². The van der Waals surface area contributed by atoms with Gasteiger partial charge in [-0.05, 0) is 43.7 Å². The maximum atomic E-state index is 11.8. The van der Waals surface area contributed by atoms with Gasteiger partial charge in [0.2, 0.25) is 0 Å². The van der Waals surface area contributed by atoms with E-state index >= 15 is 0 Å². The molecule has 4 nitrogen and oxygen atoms in total. The van der Waals surface area contributed by atoms with Gasteiger partial charge in [0.1, 0.15) is 0 Å². The first-order valence-electron chi connectivity index (χ1n) is 7.71. The summed E-state index contributed by atoms with van der Waals surface area (Å²) in [4.78, 5) is 11.8. The Labute approximate surface area is 126 Å². The molecule has 1 fully saturated rings. The molecule has 2 atom stereocenters. The summed E-state index contributed by atoms with van der Waals surface area (Å²) < 4.78 is 16.5. The Morgan fingerprint density at radius 2 is 2.14 bits per heavy atom. The maximum Gasteiger partial charge on any atom is 0.338 e. The van der Waals surface area contributed by atoms with Crippen molar-refractivity contribution >= 4 is 5.97 Å². The number of carbonyl (C=O) groups excluding carboxylic acids is 1. The van der Waals surface area contributed by atoms with Crippen LogP contribution >= 0.6 is 0 Å². The lowest BCUT2D eigenvalue weighted by molar-refractivity contribution is -0.168. The Morgan fingerprint density at radius 1 is 1.33 bits per heavy atom. The van der Waals surface area contributed by atoms with Gasteiger partial charge >= 0.3 is 5.97 Å². The highest BCUT2D eigenvalue weighted by Crippen LogP contribution is 2.15. The molecule has 1 heterocycles. The molecular formula is C17H24O4. The third kappa shape index (κ3) is 5.86. The number of esters is 1. The molecule has 1 aromatic carbocycles. The van der Waals surface area contributed by atoms with E-state index in [0.717, 1.165) is 25.9 Å². The molecule has 0 aliphatic carbocycles. The third-order valence-corrected chi connectivity index (χ3v) is 3.56. The molecule has 21 heavy (non-hydrogen) atoms. The number of hydrogen-bond donors (Lipinski definition) is 0. The average molecular weight is 292 g/mol. The van der Waals surface area contributed by atoms with Crippen molar-refractivity contribution in [1.29, 1.82) is 0 Å². The highest BCUT2D eigenvalue weighted by Gasteiger charge is 2.15. The quantitative estimate of drug-likeness (QED) is 0.722. The molecule has 0 spiro atoms. The highest BCUT2D eigenvalue weighted by atomic mass is 16.7. The first-order chi connectivity index (χ1) is 10.3. The zero-order valence-electron chi connectivity index (χ0n) is 12.6. The van der Waals surface area contributed by atoms with Gasteiger partial charge in [0, 0.05) is 6.61 Å². The van der Waals surface area contributed by atoms with E-state index in [1.807, 2.05) is 18.2 Å². The van der Waals surface area contributed by atoms with Crippen LogP contribution in [0.2, 0.25) is 0 Å². The van der Waals surface area contributed by atoms with Gasteiger partial charge in [0.15, 0.2) is 6.29 Å². The van der Waals surface area contributed by atoms with Gasteiger partial charge < -0.3 is 14.2 Å². The van der Waals surface area contributed by atoms with Crippen LogP contribution in [0.1, 0.15) is 43.0 Å². The van der Waals surface area contributed by atoms with Crippen molar-refractivity contribution < 1.29 is 19.0 Å². The highest BCUT2D eigenvalue weighted by molar-refractivity contribution is 5.89. The van der Waals surface area contributed by atoms with Gasteiger partial charge in [-0.3, -0.25) is 0 Å². The second-order valence-corrected chi connectivity index (χ2v) is 5.53. The summed E-state index contributed by atoms with van der Waals surface area (Å²) in [6.45, 7) is 3.96. The zero-order valence-corrected chi connectivity index (χ0v) is 12.6. The summed E-state index contributed by atoms with van der Waals surface area (Å²) in [5.74, 6) is 0.0819. The van der Waals surface area contributed by atoms with Gasteiger partial charge in [0.25, 0.3) is 0 Å². The Morgan fingerprint density at radius 3 is 2.86 bits per heavy atom. The first kappa shape index (κ1) is 16.0.